The van der Waals surface area contributed by atoms with E-state index in [4.69, 9.17) is 5.73 Å². The lowest BCUT2D eigenvalue weighted by molar-refractivity contribution is -0.115. The number of primary amides is 1. The van der Waals surface area contributed by atoms with Gasteiger partial charge < -0.3 is 5.73 Å². The van der Waals surface area contributed by atoms with Crippen LogP contribution in [0.3, 0.4) is 0 Å². The molecule has 0 radical (unpaired) electrons. The van der Waals surface area contributed by atoms with Crippen molar-refractivity contribution < 1.29 is 4.79 Å². The van der Waals surface area contributed by atoms with E-state index < -0.39 is 5.91 Å². The molecule has 0 spiro atoms. The van der Waals surface area contributed by atoms with Crippen LogP contribution >= 0.6 is 11.8 Å². The van der Waals surface area contributed by atoms with Crippen molar-refractivity contribution in [2.45, 2.75) is 51.2 Å². The highest BCUT2D eigenvalue weighted by Crippen LogP contribution is 2.24. The van der Waals surface area contributed by atoms with Gasteiger partial charge in [0.15, 0.2) is 5.16 Å². The first-order valence-corrected chi connectivity index (χ1v) is 9.31. The standard InChI is InChI=1S/C18H25N3O2S/c1-12(2)7-6-8-13(3)21-17(23)14-9-4-5-10-15(14)20-18(21)24-11-16(19)22/h4-5,9-10,12-13H,6-8,11H2,1-3H3,(H2,19,22). The number of nitrogens with zero attached hydrogens (tertiary/aromatic N) is 2. The summed E-state index contributed by atoms with van der Waals surface area (Å²) >= 11 is 1.23. The Hall–Kier alpha value is -1.82. The average molecular weight is 347 g/mol. The van der Waals surface area contributed by atoms with E-state index in [0.717, 1.165) is 19.3 Å². The fourth-order valence-electron chi connectivity index (χ4n) is 2.70. The molecule has 6 heteroatoms. The Kier molecular flexibility index (Phi) is 6.43. The lowest BCUT2D eigenvalue weighted by Crippen LogP contribution is -2.27. The van der Waals surface area contributed by atoms with Gasteiger partial charge in [-0.15, -0.1) is 0 Å². The molecule has 130 valence electrons. The molecule has 2 rings (SSSR count). The fourth-order valence-corrected chi connectivity index (χ4v) is 3.54. The van der Waals surface area contributed by atoms with Gasteiger partial charge in [0, 0.05) is 6.04 Å². The molecule has 0 bridgehead atoms. The highest BCUT2D eigenvalue weighted by atomic mass is 32.2. The van der Waals surface area contributed by atoms with Gasteiger partial charge in [0.2, 0.25) is 5.91 Å². The predicted octanol–water partition coefficient (Wildman–Crippen LogP) is 3.36. The van der Waals surface area contributed by atoms with Gasteiger partial charge >= 0.3 is 0 Å². The van der Waals surface area contributed by atoms with E-state index in [0.29, 0.717) is 22.0 Å². The Morgan fingerprint density at radius 2 is 1.96 bits per heavy atom. The summed E-state index contributed by atoms with van der Waals surface area (Å²) in [6, 6.07) is 7.34. The zero-order valence-corrected chi connectivity index (χ0v) is 15.3. The van der Waals surface area contributed by atoms with Gasteiger partial charge in [-0.05, 0) is 31.4 Å². The molecule has 0 saturated carbocycles. The second kappa shape index (κ2) is 8.33. The molecule has 0 aliphatic heterocycles. The molecule has 1 atom stereocenters. The number of carbonyl (C=O) groups excluding carboxylic acids is 1. The van der Waals surface area contributed by atoms with E-state index in [9.17, 15) is 9.59 Å². The minimum absolute atomic E-state index is 0.0312. The van der Waals surface area contributed by atoms with Crippen LogP contribution in [0.2, 0.25) is 0 Å². The fraction of sp³-hybridized carbons (Fsp3) is 0.500. The van der Waals surface area contributed by atoms with Crippen LogP contribution in [0.1, 0.15) is 46.1 Å². The molecule has 0 fully saturated rings. The number of rotatable bonds is 8. The van der Waals surface area contributed by atoms with Crippen molar-refractivity contribution in [1.29, 1.82) is 0 Å². The first-order valence-electron chi connectivity index (χ1n) is 8.32. The van der Waals surface area contributed by atoms with Crippen molar-refractivity contribution in [3.05, 3.63) is 34.6 Å². The minimum Gasteiger partial charge on any atom is -0.369 e. The van der Waals surface area contributed by atoms with E-state index in [1.54, 1.807) is 10.6 Å². The molecule has 1 aromatic heterocycles. The summed E-state index contributed by atoms with van der Waals surface area (Å²) in [5.41, 5.74) is 5.86. The Labute approximate surface area is 146 Å². The molecule has 0 aliphatic rings. The molecular formula is C18H25N3O2S. The summed E-state index contributed by atoms with van der Waals surface area (Å²) < 4.78 is 1.72. The van der Waals surface area contributed by atoms with Crippen LogP contribution in [-0.4, -0.2) is 21.2 Å². The van der Waals surface area contributed by atoms with Gasteiger partial charge in [0.05, 0.1) is 16.7 Å². The summed E-state index contributed by atoms with van der Waals surface area (Å²) in [6.45, 7) is 6.43. The Morgan fingerprint density at radius 1 is 1.25 bits per heavy atom. The maximum atomic E-state index is 12.9. The summed E-state index contributed by atoms with van der Waals surface area (Å²) in [4.78, 5) is 28.7. The van der Waals surface area contributed by atoms with Gasteiger partial charge in [-0.3, -0.25) is 14.2 Å². The number of para-hydroxylation sites is 1. The van der Waals surface area contributed by atoms with Gasteiger partial charge in [-0.25, -0.2) is 4.98 Å². The van der Waals surface area contributed by atoms with Gasteiger partial charge in [0.25, 0.3) is 5.56 Å². The number of hydrogen-bond donors (Lipinski definition) is 1. The number of amides is 1. The molecule has 1 aromatic carbocycles. The maximum Gasteiger partial charge on any atom is 0.262 e. The van der Waals surface area contributed by atoms with Crippen molar-refractivity contribution in [2.24, 2.45) is 11.7 Å². The number of aromatic nitrogens is 2. The second-order valence-electron chi connectivity index (χ2n) is 6.52. The second-order valence-corrected chi connectivity index (χ2v) is 7.46. The van der Waals surface area contributed by atoms with Crippen molar-refractivity contribution in [2.75, 3.05) is 5.75 Å². The zero-order chi connectivity index (χ0) is 17.7. The van der Waals surface area contributed by atoms with E-state index in [-0.39, 0.29) is 17.4 Å². The van der Waals surface area contributed by atoms with Crippen LogP contribution < -0.4 is 11.3 Å². The molecular weight excluding hydrogens is 322 g/mol. The number of carbonyl (C=O) groups is 1. The monoisotopic (exact) mass is 347 g/mol. The molecule has 2 aromatic rings. The first-order chi connectivity index (χ1) is 11.4. The predicted molar refractivity (Wildman–Crippen MR) is 99.3 cm³/mol. The zero-order valence-electron chi connectivity index (χ0n) is 14.5. The molecule has 24 heavy (non-hydrogen) atoms. The molecule has 0 saturated heterocycles. The SMILES string of the molecule is CC(C)CCCC(C)n1c(SCC(N)=O)nc2ccccc2c1=O. The molecule has 0 aliphatic carbocycles. The van der Waals surface area contributed by atoms with Crippen LogP contribution in [-0.2, 0) is 4.79 Å². The highest BCUT2D eigenvalue weighted by Gasteiger charge is 2.17. The van der Waals surface area contributed by atoms with Crippen LogP contribution in [0, 0.1) is 5.92 Å². The van der Waals surface area contributed by atoms with E-state index in [1.165, 1.54) is 11.8 Å². The third-order valence-electron chi connectivity index (χ3n) is 3.96. The molecule has 1 unspecified atom stereocenters. The number of hydrogen-bond acceptors (Lipinski definition) is 4. The number of thioether (sulfide) groups is 1. The van der Waals surface area contributed by atoms with Crippen LogP contribution in [0.5, 0.6) is 0 Å². The number of fused-ring (bicyclic) bond motifs is 1. The van der Waals surface area contributed by atoms with Crippen molar-refractivity contribution in [3.63, 3.8) is 0 Å². The number of nitrogens with two attached hydrogens (primary N) is 1. The summed E-state index contributed by atoms with van der Waals surface area (Å²) in [6.07, 6.45) is 3.09. The summed E-state index contributed by atoms with van der Waals surface area (Å²) in [7, 11) is 0. The molecule has 2 N–H and O–H groups in total. The van der Waals surface area contributed by atoms with Crippen molar-refractivity contribution in [3.8, 4) is 0 Å². The normalized spacial score (nSPS) is 12.7. The number of benzene rings is 1. The Balaban J connectivity index is 2.39. The topological polar surface area (TPSA) is 78.0 Å². The Bertz CT molecular complexity index is 770. The lowest BCUT2D eigenvalue weighted by atomic mass is 10.0. The lowest BCUT2D eigenvalue weighted by Gasteiger charge is -2.19. The molecule has 1 heterocycles. The van der Waals surface area contributed by atoms with Gasteiger partial charge in [0.1, 0.15) is 0 Å². The van der Waals surface area contributed by atoms with Crippen LogP contribution in [0.4, 0.5) is 0 Å². The van der Waals surface area contributed by atoms with E-state index >= 15 is 0 Å². The average Bonchev–Trinajstić information content (AvgIpc) is 2.52. The van der Waals surface area contributed by atoms with Gasteiger partial charge in [-0.2, -0.15) is 0 Å². The summed E-state index contributed by atoms with van der Waals surface area (Å²) in [5.74, 6) is 0.345. The van der Waals surface area contributed by atoms with E-state index in [2.05, 4.69) is 18.8 Å². The van der Waals surface area contributed by atoms with Crippen LogP contribution in [0.15, 0.2) is 34.2 Å². The minimum atomic E-state index is -0.415. The van der Waals surface area contributed by atoms with Crippen molar-refractivity contribution in [1.82, 2.24) is 9.55 Å². The quantitative estimate of drug-likeness (QED) is 0.587. The highest BCUT2D eigenvalue weighted by molar-refractivity contribution is 7.99. The largest absolute Gasteiger partial charge is 0.369 e. The summed E-state index contributed by atoms with van der Waals surface area (Å²) in [5, 5.41) is 1.17. The van der Waals surface area contributed by atoms with Gasteiger partial charge in [-0.1, -0.05) is 50.6 Å². The van der Waals surface area contributed by atoms with E-state index in [1.807, 2.05) is 25.1 Å². The van der Waals surface area contributed by atoms with Crippen LogP contribution in [0.25, 0.3) is 10.9 Å². The first kappa shape index (κ1) is 18.5. The third kappa shape index (κ3) is 4.60. The Morgan fingerprint density at radius 3 is 2.62 bits per heavy atom. The smallest absolute Gasteiger partial charge is 0.262 e. The molecule has 1 amide bonds. The third-order valence-corrected chi connectivity index (χ3v) is 4.94. The molecule has 5 nitrogen and oxygen atoms in total. The maximum absolute atomic E-state index is 12.9. The van der Waals surface area contributed by atoms with Crippen molar-refractivity contribution >= 4 is 28.6 Å².